The van der Waals surface area contributed by atoms with Gasteiger partial charge in [-0.2, -0.15) is 0 Å². The highest BCUT2D eigenvalue weighted by molar-refractivity contribution is 9.10. The molecule has 0 aromatic carbocycles. The van der Waals surface area contributed by atoms with E-state index in [1.54, 1.807) is 0 Å². The van der Waals surface area contributed by atoms with E-state index < -0.39 is 0 Å². The van der Waals surface area contributed by atoms with Crippen LogP contribution in [0.2, 0.25) is 5.15 Å². The number of hydrogen-bond donors (Lipinski definition) is 0. The second-order valence-electron chi connectivity index (χ2n) is 4.93. The van der Waals surface area contributed by atoms with Crippen molar-refractivity contribution in [2.45, 2.75) is 46.0 Å². The van der Waals surface area contributed by atoms with Crippen LogP contribution in [0.15, 0.2) is 4.47 Å². The third-order valence-corrected chi connectivity index (χ3v) is 4.45. The van der Waals surface area contributed by atoms with Crippen LogP contribution in [-0.4, -0.2) is 4.98 Å². The summed E-state index contributed by atoms with van der Waals surface area (Å²) in [5, 5.41) is 0.635. The summed E-state index contributed by atoms with van der Waals surface area (Å²) < 4.78 is 1.02. The van der Waals surface area contributed by atoms with Crippen molar-refractivity contribution in [2.24, 2.45) is 5.92 Å². The summed E-state index contributed by atoms with van der Waals surface area (Å²) >= 11 is 9.77. The smallest absolute Gasteiger partial charge is 0.143 e. The lowest BCUT2D eigenvalue weighted by Gasteiger charge is -2.21. The van der Waals surface area contributed by atoms with Gasteiger partial charge < -0.3 is 0 Å². The third-order valence-electron chi connectivity index (χ3n) is 3.09. The molecule has 0 N–H and O–H groups in total. The molecule has 0 saturated heterocycles. The fourth-order valence-corrected chi connectivity index (χ4v) is 3.09. The summed E-state index contributed by atoms with van der Waals surface area (Å²) in [6.45, 7) is 4.49. The molecule has 0 bridgehead atoms. The summed E-state index contributed by atoms with van der Waals surface area (Å²) in [4.78, 5) is 4.50. The average Bonchev–Trinajstić information content (AvgIpc) is 2.24. The van der Waals surface area contributed by atoms with Crippen LogP contribution in [0.1, 0.15) is 43.5 Å². The largest absolute Gasteiger partial charge is 0.240 e. The van der Waals surface area contributed by atoms with Crippen molar-refractivity contribution in [3.05, 3.63) is 26.4 Å². The summed E-state index contributed by atoms with van der Waals surface area (Å²) in [5.41, 5.74) is 4.08. The van der Waals surface area contributed by atoms with E-state index in [1.807, 2.05) is 0 Å². The van der Waals surface area contributed by atoms with Gasteiger partial charge >= 0.3 is 0 Å². The van der Waals surface area contributed by atoms with E-state index in [9.17, 15) is 0 Å². The first kappa shape index (κ1) is 12.4. The van der Waals surface area contributed by atoms with Crippen LogP contribution >= 0.6 is 27.5 Å². The summed E-state index contributed by atoms with van der Waals surface area (Å²) in [6.07, 6.45) is 5.88. The number of nitrogens with zero attached hydrogens (tertiary/aromatic N) is 1. The van der Waals surface area contributed by atoms with Crippen LogP contribution in [0, 0.1) is 5.92 Å². The topological polar surface area (TPSA) is 12.9 Å². The van der Waals surface area contributed by atoms with Gasteiger partial charge in [-0.25, -0.2) is 4.98 Å². The number of fused-ring (bicyclic) bond motifs is 1. The zero-order valence-corrected chi connectivity index (χ0v) is 12.2. The molecule has 0 radical (unpaired) electrons. The van der Waals surface area contributed by atoms with E-state index in [1.165, 1.54) is 36.1 Å². The van der Waals surface area contributed by atoms with Gasteiger partial charge in [-0.1, -0.05) is 25.4 Å². The Hall–Kier alpha value is -0.0800. The van der Waals surface area contributed by atoms with Crippen molar-refractivity contribution < 1.29 is 0 Å². The third kappa shape index (κ3) is 2.43. The van der Waals surface area contributed by atoms with Crippen molar-refractivity contribution in [2.75, 3.05) is 0 Å². The van der Waals surface area contributed by atoms with E-state index in [2.05, 4.69) is 34.8 Å². The van der Waals surface area contributed by atoms with Gasteiger partial charge in [0.15, 0.2) is 0 Å². The highest BCUT2D eigenvalue weighted by Crippen LogP contribution is 2.34. The van der Waals surface area contributed by atoms with E-state index in [4.69, 9.17) is 11.6 Å². The maximum Gasteiger partial charge on any atom is 0.143 e. The van der Waals surface area contributed by atoms with Gasteiger partial charge in [0, 0.05) is 5.69 Å². The minimum absolute atomic E-state index is 0.635. The standard InChI is InChI=1S/C13H17BrClN/c1-8(2)7-10-9-5-3-4-6-11(9)16-13(15)12(10)14/h8H,3-7H2,1-2H3. The Morgan fingerprint density at radius 2 is 2.00 bits per heavy atom. The average molecular weight is 303 g/mol. The molecule has 0 saturated carbocycles. The number of hydrogen-bond acceptors (Lipinski definition) is 1. The zero-order valence-electron chi connectivity index (χ0n) is 9.82. The van der Waals surface area contributed by atoms with Gasteiger partial charge in [0.25, 0.3) is 0 Å². The van der Waals surface area contributed by atoms with Gasteiger partial charge in [0.1, 0.15) is 5.15 Å². The molecule has 1 heterocycles. The Balaban J connectivity index is 2.50. The van der Waals surface area contributed by atoms with Gasteiger partial charge in [0.05, 0.1) is 4.47 Å². The van der Waals surface area contributed by atoms with Crippen LogP contribution in [0.3, 0.4) is 0 Å². The van der Waals surface area contributed by atoms with Crippen LogP contribution in [0.25, 0.3) is 0 Å². The van der Waals surface area contributed by atoms with Crippen LogP contribution in [0.5, 0.6) is 0 Å². The highest BCUT2D eigenvalue weighted by Gasteiger charge is 2.20. The van der Waals surface area contributed by atoms with Gasteiger partial charge in [-0.15, -0.1) is 0 Å². The molecule has 1 aromatic rings. The molecular weight excluding hydrogens is 286 g/mol. The lowest BCUT2D eigenvalue weighted by molar-refractivity contribution is 0.615. The number of aromatic nitrogens is 1. The number of pyridine rings is 1. The van der Waals surface area contributed by atoms with E-state index in [0.717, 1.165) is 17.3 Å². The molecule has 16 heavy (non-hydrogen) atoms. The second kappa shape index (κ2) is 5.05. The molecule has 88 valence electrons. The number of aryl methyl sites for hydroxylation is 1. The van der Waals surface area contributed by atoms with Crippen molar-refractivity contribution >= 4 is 27.5 Å². The molecule has 1 nitrogen and oxygen atoms in total. The van der Waals surface area contributed by atoms with Crippen LogP contribution in [-0.2, 0) is 19.3 Å². The predicted molar refractivity (Wildman–Crippen MR) is 72.1 cm³/mol. The Bertz CT molecular complexity index is 401. The molecule has 1 aliphatic carbocycles. The lowest BCUT2D eigenvalue weighted by atomic mass is 9.89. The molecular formula is C13H17BrClN. The monoisotopic (exact) mass is 301 g/mol. The van der Waals surface area contributed by atoms with Crippen molar-refractivity contribution in [1.82, 2.24) is 4.98 Å². The first-order valence-electron chi connectivity index (χ1n) is 5.95. The summed E-state index contributed by atoms with van der Waals surface area (Å²) in [7, 11) is 0. The molecule has 3 heteroatoms. The molecule has 1 aliphatic rings. The Morgan fingerprint density at radius 3 is 2.69 bits per heavy atom. The molecule has 2 rings (SSSR count). The predicted octanol–water partition coefficient (Wildman–Crippen LogP) is 4.57. The van der Waals surface area contributed by atoms with Crippen LogP contribution < -0.4 is 0 Å². The number of rotatable bonds is 2. The number of halogens is 2. The van der Waals surface area contributed by atoms with Gasteiger partial charge in [0.2, 0.25) is 0 Å². The Labute approximate surface area is 111 Å². The zero-order chi connectivity index (χ0) is 11.7. The SMILES string of the molecule is CC(C)Cc1c(Br)c(Cl)nc2c1CCCC2. The molecule has 0 spiro atoms. The quantitative estimate of drug-likeness (QED) is 0.729. The normalized spacial score (nSPS) is 15.3. The first-order chi connectivity index (χ1) is 7.59. The fraction of sp³-hybridized carbons (Fsp3) is 0.615. The Kier molecular flexibility index (Phi) is 3.91. The highest BCUT2D eigenvalue weighted by atomic mass is 79.9. The van der Waals surface area contributed by atoms with Gasteiger partial charge in [-0.3, -0.25) is 0 Å². The van der Waals surface area contributed by atoms with E-state index >= 15 is 0 Å². The Morgan fingerprint density at radius 1 is 1.31 bits per heavy atom. The molecule has 0 atom stereocenters. The van der Waals surface area contributed by atoms with Crippen molar-refractivity contribution in [3.8, 4) is 0 Å². The van der Waals surface area contributed by atoms with Crippen molar-refractivity contribution in [1.29, 1.82) is 0 Å². The van der Waals surface area contributed by atoms with Crippen molar-refractivity contribution in [3.63, 3.8) is 0 Å². The summed E-state index contributed by atoms with van der Waals surface area (Å²) in [6, 6.07) is 0. The fourth-order valence-electron chi connectivity index (χ4n) is 2.38. The summed E-state index contributed by atoms with van der Waals surface area (Å²) in [5.74, 6) is 0.654. The molecule has 0 fully saturated rings. The van der Waals surface area contributed by atoms with Gasteiger partial charge in [-0.05, 0) is 65.1 Å². The molecule has 0 amide bonds. The maximum atomic E-state index is 6.18. The minimum atomic E-state index is 0.635. The lowest BCUT2D eigenvalue weighted by Crippen LogP contribution is -2.11. The van der Waals surface area contributed by atoms with E-state index in [0.29, 0.717) is 11.1 Å². The molecule has 0 aliphatic heterocycles. The minimum Gasteiger partial charge on any atom is -0.240 e. The first-order valence-corrected chi connectivity index (χ1v) is 7.12. The molecule has 0 unspecified atom stereocenters. The molecule has 1 aromatic heterocycles. The second-order valence-corrected chi connectivity index (χ2v) is 6.08. The van der Waals surface area contributed by atoms with E-state index in [-0.39, 0.29) is 0 Å². The van der Waals surface area contributed by atoms with Crippen LogP contribution in [0.4, 0.5) is 0 Å². The maximum absolute atomic E-state index is 6.18.